The molecule has 90 valence electrons. The van der Waals surface area contributed by atoms with E-state index in [4.69, 9.17) is 4.42 Å². The van der Waals surface area contributed by atoms with E-state index < -0.39 is 0 Å². The van der Waals surface area contributed by atoms with E-state index in [1.165, 1.54) is 0 Å². The maximum absolute atomic E-state index is 5.37. The first kappa shape index (κ1) is 11.6. The quantitative estimate of drug-likeness (QED) is 0.877. The van der Waals surface area contributed by atoms with Crippen molar-refractivity contribution in [1.82, 2.24) is 15.0 Å². The highest BCUT2D eigenvalue weighted by molar-refractivity contribution is 5.35. The van der Waals surface area contributed by atoms with E-state index in [1.807, 2.05) is 13.0 Å². The van der Waals surface area contributed by atoms with Crippen molar-refractivity contribution in [2.75, 3.05) is 5.32 Å². The van der Waals surface area contributed by atoms with Gasteiger partial charge in [-0.15, -0.1) is 0 Å². The van der Waals surface area contributed by atoms with Crippen molar-refractivity contribution in [3.05, 3.63) is 35.9 Å². The molecule has 0 aliphatic rings. The van der Waals surface area contributed by atoms with Crippen molar-refractivity contribution >= 4 is 5.82 Å². The van der Waals surface area contributed by atoms with Gasteiger partial charge in [0.25, 0.3) is 0 Å². The number of anilines is 1. The fourth-order valence-electron chi connectivity index (χ4n) is 1.43. The van der Waals surface area contributed by atoms with Crippen LogP contribution in [0.1, 0.15) is 37.1 Å². The van der Waals surface area contributed by atoms with Crippen LogP contribution in [0.5, 0.6) is 0 Å². The van der Waals surface area contributed by atoms with Gasteiger partial charge in [0, 0.05) is 11.8 Å². The van der Waals surface area contributed by atoms with Gasteiger partial charge in [-0.25, -0.2) is 15.0 Å². The molecule has 1 N–H and O–H groups in total. The smallest absolute Gasteiger partial charge is 0.213 e. The van der Waals surface area contributed by atoms with E-state index in [0.29, 0.717) is 18.4 Å². The van der Waals surface area contributed by atoms with Gasteiger partial charge in [0.1, 0.15) is 17.9 Å². The summed E-state index contributed by atoms with van der Waals surface area (Å²) in [4.78, 5) is 12.5. The Balaban J connectivity index is 2.01. The van der Waals surface area contributed by atoms with E-state index in [2.05, 4.69) is 34.1 Å². The minimum atomic E-state index is 0.391. The normalized spacial score (nSPS) is 10.8. The summed E-state index contributed by atoms with van der Waals surface area (Å²) in [5, 5.41) is 3.16. The molecule has 0 saturated carbocycles. The van der Waals surface area contributed by atoms with E-state index in [9.17, 15) is 0 Å². The Morgan fingerprint density at radius 2 is 2.12 bits per heavy atom. The lowest BCUT2D eigenvalue weighted by molar-refractivity contribution is 0.479. The van der Waals surface area contributed by atoms with Crippen molar-refractivity contribution in [2.24, 2.45) is 0 Å². The van der Waals surface area contributed by atoms with Gasteiger partial charge in [-0.1, -0.05) is 13.8 Å². The minimum absolute atomic E-state index is 0.391. The summed E-state index contributed by atoms with van der Waals surface area (Å²) in [6.07, 6.45) is 3.27. The van der Waals surface area contributed by atoms with Crippen molar-refractivity contribution in [2.45, 2.75) is 33.2 Å². The number of nitrogens with one attached hydrogen (secondary N) is 1. The van der Waals surface area contributed by atoms with Crippen LogP contribution in [-0.4, -0.2) is 15.0 Å². The monoisotopic (exact) mass is 232 g/mol. The Morgan fingerprint density at radius 3 is 2.76 bits per heavy atom. The zero-order valence-corrected chi connectivity index (χ0v) is 10.3. The minimum Gasteiger partial charge on any atom is -0.444 e. The molecule has 2 aromatic rings. The van der Waals surface area contributed by atoms with Gasteiger partial charge in [0.15, 0.2) is 0 Å². The predicted octanol–water partition coefficient (Wildman–Crippen LogP) is 2.51. The standard InChI is InChI=1S/C12H16N4O/c1-8(2)10-4-11(16-7-15-10)13-6-12-14-5-9(3)17-12/h4-5,7-8H,6H2,1-3H3,(H,13,15,16). The second kappa shape index (κ2) is 4.95. The Labute approximate surface area is 100 Å². The first-order valence-electron chi connectivity index (χ1n) is 5.62. The van der Waals surface area contributed by atoms with Crippen LogP contribution in [-0.2, 0) is 6.54 Å². The highest BCUT2D eigenvalue weighted by Gasteiger charge is 2.04. The van der Waals surface area contributed by atoms with Crippen LogP contribution in [0.2, 0.25) is 0 Å². The highest BCUT2D eigenvalue weighted by atomic mass is 16.4. The predicted molar refractivity (Wildman–Crippen MR) is 64.7 cm³/mol. The molecule has 0 fully saturated rings. The van der Waals surface area contributed by atoms with Crippen LogP contribution in [0, 0.1) is 6.92 Å². The molecule has 0 bridgehead atoms. The second-order valence-electron chi connectivity index (χ2n) is 4.20. The third-order valence-corrected chi connectivity index (χ3v) is 2.37. The summed E-state index contributed by atoms with van der Waals surface area (Å²) in [6, 6.07) is 1.94. The van der Waals surface area contributed by atoms with Crippen LogP contribution in [0.4, 0.5) is 5.82 Å². The van der Waals surface area contributed by atoms with Gasteiger partial charge in [-0.3, -0.25) is 0 Å². The molecule has 5 heteroatoms. The number of hydrogen-bond donors (Lipinski definition) is 1. The van der Waals surface area contributed by atoms with Crippen molar-refractivity contribution in [3.63, 3.8) is 0 Å². The van der Waals surface area contributed by atoms with E-state index >= 15 is 0 Å². The zero-order chi connectivity index (χ0) is 12.3. The number of aryl methyl sites for hydroxylation is 1. The average Bonchev–Trinajstić information content (AvgIpc) is 2.73. The first-order valence-corrected chi connectivity index (χ1v) is 5.62. The van der Waals surface area contributed by atoms with Crippen LogP contribution < -0.4 is 5.32 Å². The summed E-state index contributed by atoms with van der Waals surface area (Å²) in [5.41, 5.74) is 1.02. The molecule has 0 radical (unpaired) electrons. The topological polar surface area (TPSA) is 63.8 Å². The van der Waals surface area contributed by atoms with Crippen molar-refractivity contribution in [3.8, 4) is 0 Å². The third kappa shape index (κ3) is 3.03. The summed E-state index contributed by atoms with van der Waals surface area (Å²) >= 11 is 0. The van der Waals surface area contributed by atoms with Gasteiger partial charge < -0.3 is 9.73 Å². The largest absolute Gasteiger partial charge is 0.444 e. The van der Waals surface area contributed by atoms with Crippen LogP contribution >= 0.6 is 0 Å². The molecule has 5 nitrogen and oxygen atoms in total. The van der Waals surface area contributed by atoms with Gasteiger partial charge in [-0.2, -0.15) is 0 Å². The van der Waals surface area contributed by atoms with Gasteiger partial charge in [-0.05, 0) is 12.8 Å². The van der Waals surface area contributed by atoms with Crippen LogP contribution in [0.3, 0.4) is 0 Å². The number of aromatic nitrogens is 3. The van der Waals surface area contributed by atoms with Gasteiger partial charge in [0.2, 0.25) is 5.89 Å². The Kier molecular flexibility index (Phi) is 3.37. The van der Waals surface area contributed by atoms with E-state index in [1.54, 1.807) is 12.5 Å². The number of oxazole rings is 1. The molecule has 0 aromatic carbocycles. The molecular weight excluding hydrogens is 216 g/mol. The molecule has 0 unspecified atom stereocenters. The molecule has 0 aliphatic carbocycles. The lowest BCUT2D eigenvalue weighted by atomic mass is 10.1. The lowest BCUT2D eigenvalue weighted by Gasteiger charge is -2.07. The van der Waals surface area contributed by atoms with Crippen LogP contribution in [0.25, 0.3) is 0 Å². The Bertz CT molecular complexity index is 493. The zero-order valence-electron chi connectivity index (χ0n) is 10.3. The van der Waals surface area contributed by atoms with E-state index in [0.717, 1.165) is 17.3 Å². The Morgan fingerprint density at radius 1 is 1.29 bits per heavy atom. The number of nitrogens with zero attached hydrogens (tertiary/aromatic N) is 3. The first-order chi connectivity index (χ1) is 8.15. The second-order valence-corrected chi connectivity index (χ2v) is 4.20. The molecule has 0 saturated heterocycles. The summed E-state index contributed by atoms with van der Waals surface area (Å²) in [7, 11) is 0. The fourth-order valence-corrected chi connectivity index (χ4v) is 1.43. The van der Waals surface area contributed by atoms with E-state index in [-0.39, 0.29) is 0 Å². The van der Waals surface area contributed by atoms with Crippen molar-refractivity contribution < 1.29 is 4.42 Å². The molecule has 2 rings (SSSR count). The maximum Gasteiger partial charge on any atom is 0.213 e. The summed E-state index contributed by atoms with van der Waals surface area (Å²) in [6.45, 7) is 6.60. The number of rotatable bonds is 4. The molecule has 0 amide bonds. The molecule has 0 spiro atoms. The van der Waals surface area contributed by atoms with Crippen LogP contribution in [0.15, 0.2) is 23.0 Å². The molecular formula is C12H16N4O. The van der Waals surface area contributed by atoms with Crippen molar-refractivity contribution in [1.29, 1.82) is 0 Å². The summed E-state index contributed by atoms with van der Waals surface area (Å²) in [5.74, 6) is 2.65. The number of hydrogen-bond acceptors (Lipinski definition) is 5. The molecule has 2 aromatic heterocycles. The molecule has 2 heterocycles. The SMILES string of the molecule is Cc1cnc(CNc2cc(C(C)C)ncn2)o1. The van der Waals surface area contributed by atoms with Gasteiger partial charge >= 0.3 is 0 Å². The molecule has 0 atom stereocenters. The lowest BCUT2D eigenvalue weighted by Crippen LogP contribution is -2.03. The summed E-state index contributed by atoms with van der Waals surface area (Å²) < 4.78 is 5.37. The maximum atomic E-state index is 5.37. The Hall–Kier alpha value is -1.91. The molecule has 17 heavy (non-hydrogen) atoms. The highest BCUT2D eigenvalue weighted by Crippen LogP contribution is 2.14. The fraction of sp³-hybridized carbons (Fsp3) is 0.417. The molecule has 0 aliphatic heterocycles. The average molecular weight is 232 g/mol. The third-order valence-electron chi connectivity index (χ3n) is 2.37. The van der Waals surface area contributed by atoms with Gasteiger partial charge in [0.05, 0.1) is 12.7 Å².